The number of pyridine rings is 1. The average Bonchev–Trinajstić information content (AvgIpc) is 3.18. The molecule has 3 heterocycles. The minimum atomic E-state index is -0.0149. The van der Waals surface area contributed by atoms with E-state index >= 15 is 0 Å². The first-order valence-electron chi connectivity index (χ1n) is 10.4. The van der Waals surface area contributed by atoms with Gasteiger partial charge >= 0.3 is 0 Å². The van der Waals surface area contributed by atoms with E-state index in [4.69, 9.17) is 0 Å². The molecule has 0 spiro atoms. The van der Waals surface area contributed by atoms with Crippen molar-refractivity contribution in [1.82, 2.24) is 19.2 Å². The summed E-state index contributed by atoms with van der Waals surface area (Å²) in [6, 6.07) is 11.9. The van der Waals surface area contributed by atoms with E-state index in [-0.39, 0.29) is 11.8 Å². The molecule has 0 saturated carbocycles. The van der Waals surface area contributed by atoms with Gasteiger partial charge in [-0.15, -0.1) is 0 Å². The van der Waals surface area contributed by atoms with Gasteiger partial charge in [0.2, 0.25) is 11.8 Å². The molecular weight excluding hydrogens is 410 g/mol. The van der Waals surface area contributed by atoms with E-state index in [1.54, 1.807) is 0 Å². The standard InChI is InChI=1S/C23H27N5O2S/c1-17-6-5-7-18(2)22(17)25-20(29)15-26-10-12-27(13-11-26)21(30)16-31-23-24-14-19-8-3-4-9-28(19)23/h3-9,14H,10-13,15-16H2,1-2H3,(H,25,29). The van der Waals surface area contributed by atoms with Crippen molar-refractivity contribution in [3.63, 3.8) is 0 Å². The zero-order valence-electron chi connectivity index (χ0n) is 17.9. The second-order valence-electron chi connectivity index (χ2n) is 7.80. The van der Waals surface area contributed by atoms with Crippen molar-refractivity contribution in [2.24, 2.45) is 0 Å². The van der Waals surface area contributed by atoms with Crippen molar-refractivity contribution < 1.29 is 9.59 Å². The van der Waals surface area contributed by atoms with E-state index in [2.05, 4.69) is 15.2 Å². The lowest BCUT2D eigenvalue weighted by molar-refractivity contribution is -0.130. The van der Waals surface area contributed by atoms with E-state index in [9.17, 15) is 9.59 Å². The van der Waals surface area contributed by atoms with Crippen molar-refractivity contribution in [1.29, 1.82) is 0 Å². The maximum atomic E-state index is 12.6. The minimum Gasteiger partial charge on any atom is -0.339 e. The highest BCUT2D eigenvalue weighted by Crippen LogP contribution is 2.20. The van der Waals surface area contributed by atoms with E-state index in [1.807, 2.05) is 71.9 Å². The number of fused-ring (bicyclic) bond motifs is 1. The van der Waals surface area contributed by atoms with Crippen LogP contribution in [-0.2, 0) is 9.59 Å². The molecular formula is C23H27N5O2S. The van der Waals surface area contributed by atoms with Gasteiger partial charge in [0.05, 0.1) is 24.0 Å². The molecule has 1 aliphatic rings. The smallest absolute Gasteiger partial charge is 0.238 e. The van der Waals surface area contributed by atoms with E-state index < -0.39 is 0 Å². The van der Waals surface area contributed by atoms with Gasteiger partial charge < -0.3 is 10.2 Å². The Bertz CT molecular complexity index is 1070. The highest BCUT2D eigenvalue weighted by Gasteiger charge is 2.23. The summed E-state index contributed by atoms with van der Waals surface area (Å²) in [5.41, 5.74) is 4.04. The van der Waals surface area contributed by atoms with Gasteiger partial charge in [-0.2, -0.15) is 0 Å². The third kappa shape index (κ3) is 5.08. The van der Waals surface area contributed by atoms with Crippen LogP contribution in [0.2, 0.25) is 0 Å². The average molecular weight is 438 g/mol. The quantitative estimate of drug-likeness (QED) is 0.601. The molecule has 0 aliphatic carbocycles. The van der Waals surface area contributed by atoms with E-state index in [0.29, 0.717) is 38.5 Å². The van der Waals surface area contributed by atoms with E-state index in [0.717, 1.165) is 27.5 Å². The molecule has 0 atom stereocenters. The second-order valence-corrected chi connectivity index (χ2v) is 8.74. The molecule has 3 aromatic rings. The highest BCUT2D eigenvalue weighted by molar-refractivity contribution is 7.99. The summed E-state index contributed by atoms with van der Waals surface area (Å²) in [7, 11) is 0. The number of imidazole rings is 1. The Morgan fingerprint density at radius 2 is 1.77 bits per heavy atom. The molecule has 31 heavy (non-hydrogen) atoms. The molecule has 8 heteroatoms. The molecule has 4 rings (SSSR count). The summed E-state index contributed by atoms with van der Waals surface area (Å²) in [5.74, 6) is 0.456. The lowest BCUT2D eigenvalue weighted by atomic mass is 10.1. The number of aryl methyl sites for hydroxylation is 2. The largest absolute Gasteiger partial charge is 0.339 e. The first-order valence-corrected chi connectivity index (χ1v) is 11.4. The van der Waals surface area contributed by atoms with Crippen LogP contribution in [0.25, 0.3) is 5.52 Å². The Hall–Kier alpha value is -2.84. The molecule has 1 fully saturated rings. The molecule has 2 amide bonds. The van der Waals surface area contributed by atoms with Gasteiger partial charge in [0.15, 0.2) is 5.16 Å². The number of nitrogens with one attached hydrogen (secondary N) is 1. The Labute approximate surface area is 186 Å². The number of benzene rings is 1. The summed E-state index contributed by atoms with van der Waals surface area (Å²) < 4.78 is 1.99. The van der Waals surface area contributed by atoms with Crippen LogP contribution in [0.5, 0.6) is 0 Å². The number of carbonyl (C=O) groups is 2. The van der Waals surface area contributed by atoms with Crippen molar-refractivity contribution in [3.05, 3.63) is 59.9 Å². The maximum Gasteiger partial charge on any atom is 0.238 e. The second kappa shape index (κ2) is 9.53. The SMILES string of the molecule is Cc1cccc(C)c1NC(=O)CN1CCN(C(=O)CSc2ncc3ccccn23)CC1. The van der Waals surface area contributed by atoms with Crippen molar-refractivity contribution in [2.75, 3.05) is 43.8 Å². The van der Waals surface area contributed by atoms with Gasteiger partial charge in [0, 0.05) is 38.1 Å². The number of carbonyl (C=O) groups excluding carboxylic acids is 2. The third-order valence-electron chi connectivity index (χ3n) is 5.57. The lowest BCUT2D eigenvalue weighted by Gasteiger charge is -2.34. The lowest BCUT2D eigenvalue weighted by Crippen LogP contribution is -2.50. The number of rotatable bonds is 6. The molecule has 1 saturated heterocycles. The number of para-hydroxylation sites is 1. The molecule has 1 aromatic carbocycles. The number of hydrogen-bond donors (Lipinski definition) is 1. The monoisotopic (exact) mass is 437 g/mol. The van der Waals surface area contributed by atoms with Crippen LogP contribution in [0.3, 0.4) is 0 Å². The molecule has 0 bridgehead atoms. The Balaban J connectivity index is 1.23. The Kier molecular flexibility index (Phi) is 6.58. The number of amides is 2. The van der Waals surface area contributed by atoms with Crippen LogP contribution >= 0.6 is 11.8 Å². The maximum absolute atomic E-state index is 12.6. The van der Waals surface area contributed by atoms with Crippen molar-refractivity contribution in [2.45, 2.75) is 19.0 Å². The van der Waals surface area contributed by atoms with Crippen LogP contribution in [0.1, 0.15) is 11.1 Å². The number of anilines is 1. The van der Waals surface area contributed by atoms with Crippen molar-refractivity contribution >= 4 is 34.8 Å². The minimum absolute atomic E-state index is 0.0149. The first kappa shape index (κ1) is 21.4. The Morgan fingerprint density at radius 3 is 2.52 bits per heavy atom. The Morgan fingerprint density at radius 1 is 1.03 bits per heavy atom. The van der Waals surface area contributed by atoms with Crippen molar-refractivity contribution in [3.8, 4) is 0 Å². The fourth-order valence-corrected chi connectivity index (χ4v) is 4.66. The summed E-state index contributed by atoms with van der Waals surface area (Å²) in [6.07, 6.45) is 3.77. The summed E-state index contributed by atoms with van der Waals surface area (Å²) in [6.45, 7) is 7.00. The topological polar surface area (TPSA) is 70.0 Å². The summed E-state index contributed by atoms with van der Waals surface area (Å²) >= 11 is 1.46. The number of thioether (sulfide) groups is 1. The van der Waals surface area contributed by atoms with Crippen LogP contribution < -0.4 is 5.32 Å². The number of hydrogen-bond acceptors (Lipinski definition) is 5. The molecule has 1 N–H and O–H groups in total. The predicted octanol–water partition coefficient (Wildman–Crippen LogP) is 2.83. The molecule has 7 nitrogen and oxygen atoms in total. The summed E-state index contributed by atoms with van der Waals surface area (Å²) in [4.78, 5) is 33.5. The fourth-order valence-electron chi connectivity index (χ4n) is 3.79. The normalized spacial score (nSPS) is 14.7. The van der Waals surface area contributed by atoms with Gasteiger partial charge in [0.1, 0.15) is 0 Å². The van der Waals surface area contributed by atoms with E-state index in [1.165, 1.54) is 11.8 Å². The molecule has 0 unspecified atom stereocenters. The number of piperazine rings is 1. The van der Waals surface area contributed by atoms with Crippen LogP contribution in [-0.4, -0.2) is 69.5 Å². The third-order valence-corrected chi connectivity index (χ3v) is 6.52. The summed E-state index contributed by atoms with van der Waals surface area (Å²) in [5, 5.41) is 3.86. The van der Waals surface area contributed by atoms with Gasteiger partial charge in [0.25, 0.3) is 0 Å². The zero-order chi connectivity index (χ0) is 21.8. The van der Waals surface area contributed by atoms with Gasteiger partial charge in [-0.1, -0.05) is 36.0 Å². The first-order chi connectivity index (χ1) is 15.0. The number of aromatic nitrogens is 2. The molecule has 162 valence electrons. The molecule has 1 aliphatic heterocycles. The van der Waals surface area contributed by atoms with Gasteiger partial charge in [-0.25, -0.2) is 4.98 Å². The highest BCUT2D eigenvalue weighted by atomic mass is 32.2. The van der Waals surface area contributed by atoms with Crippen LogP contribution in [0.4, 0.5) is 5.69 Å². The fraction of sp³-hybridized carbons (Fsp3) is 0.348. The zero-order valence-corrected chi connectivity index (χ0v) is 18.7. The van der Waals surface area contributed by atoms with Crippen LogP contribution in [0.15, 0.2) is 53.9 Å². The van der Waals surface area contributed by atoms with Crippen LogP contribution in [0, 0.1) is 13.8 Å². The predicted molar refractivity (Wildman–Crippen MR) is 123 cm³/mol. The molecule has 2 aromatic heterocycles. The van der Waals surface area contributed by atoms with Gasteiger partial charge in [-0.05, 0) is 37.1 Å². The number of nitrogens with zero attached hydrogens (tertiary/aromatic N) is 4. The molecule has 0 radical (unpaired) electrons. The van der Waals surface area contributed by atoms with Gasteiger partial charge in [-0.3, -0.25) is 18.9 Å².